The molecule has 0 aliphatic heterocycles. The number of amides is 1. The molecule has 0 spiro atoms. The number of hydrogen-bond acceptors (Lipinski definition) is 4. The fraction of sp³-hybridized carbons (Fsp3) is 0.682. The number of benzene rings is 1. The maximum atomic E-state index is 14.3. The Morgan fingerprint density at radius 2 is 1.90 bits per heavy atom. The van der Waals surface area contributed by atoms with E-state index in [2.05, 4.69) is 13.8 Å². The molecular weight excluding hydrogens is 429 g/mol. The van der Waals surface area contributed by atoms with Gasteiger partial charge in [-0.2, -0.15) is 0 Å². The predicted molar refractivity (Wildman–Crippen MR) is 116 cm³/mol. The summed E-state index contributed by atoms with van der Waals surface area (Å²) in [7, 11) is -3.79. The molecule has 2 atom stereocenters. The molecule has 2 unspecified atom stereocenters. The number of rotatable bonds is 7. The minimum absolute atomic E-state index is 0.0715. The van der Waals surface area contributed by atoms with Gasteiger partial charge in [-0.15, -0.1) is 0 Å². The molecule has 0 heterocycles. The second-order valence-corrected chi connectivity index (χ2v) is 12.0. The van der Waals surface area contributed by atoms with E-state index in [4.69, 9.17) is 16.3 Å². The average molecular weight is 460 g/mol. The van der Waals surface area contributed by atoms with Crippen LogP contribution in [0, 0.1) is 22.6 Å². The number of fused-ring (bicyclic) bond motifs is 2. The summed E-state index contributed by atoms with van der Waals surface area (Å²) in [6, 6.07) is 2.13. The molecule has 168 valence electrons. The quantitative estimate of drug-likeness (QED) is 0.560. The molecule has 8 heteroatoms. The van der Waals surface area contributed by atoms with Crippen LogP contribution in [0.5, 0.6) is 5.75 Å². The lowest BCUT2D eigenvalue weighted by molar-refractivity contribution is -0.0112. The van der Waals surface area contributed by atoms with Crippen molar-refractivity contribution in [3.05, 3.63) is 28.5 Å². The number of carbonyl (C=O) groups is 1. The third kappa shape index (κ3) is 5.88. The number of sulfonamides is 1. The summed E-state index contributed by atoms with van der Waals surface area (Å²) in [4.78, 5) is 11.9. The van der Waals surface area contributed by atoms with Gasteiger partial charge in [0, 0.05) is 6.07 Å². The van der Waals surface area contributed by atoms with E-state index in [1.165, 1.54) is 38.5 Å². The van der Waals surface area contributed by atoms with Crippen molar-refractivity contribution in [1.29, 1.82) is 0 Å². The van der Waals surface area contributed by atoms with Crippen LogP contribution in [0.4, 0.5) is 4.39 Å². The van der Waals surface area contributed by atoms with Gasteiger partial charge in [0.1, 0.15) is 11.6 Å². The van der Waals surface area contributed by atoms with E-state index in [1.807, 2.05) is 0 Å². The van der Waals surface area contributed by atoms with Crippen LogP contribution in [0.15, 0.2) is 12.1 Å². The molecule has 2 bridgehead atoms. The highest BCUT2D eigenvalue weighted by Gasteiger charge is 2.45. The fourth-order valence-electron chi connectivity index (χ4n) is 5.76. The molecule has 1 N–H and O–H groups in total. The van der Waals surface area contributed by atoms with Gasteiger partial charge >= 0.3 is 0 Å². The highest BCUT2D eigenvalue weighted by molar-refractivity contribution is 7.89. The summed E-state index contributed by atoms with van der Waals surface area (Å²) in [5.41, 5.74) is 0.491. The lowest BCUT2D eigenvalue weighted by Gasteiger charge is -2.52. The lowest BCUT2D eigenvalue weighted by Crippen LogP contribution is -2.40. The van der Waals surface area contributed by atoms with E-state index in [0.717, 1.165) is 31.2 Å². The van der Waals surface area contributed by atoms with Gasteiger partial charge in [-0.1, -0.05) is 31.9 Å². The van der Waals surface area contributed by atoms with Gasteiger partial charge < -0.3 is 4.74 Å². The smallest absolute Gasteiger partial charge is 0.267 e. The van der Waals surface area contributed by atoms with Crippen LogP contribution in [0.2, 0.25) is 5.02 Å². The average Bonchev–Trinajstić information content (AvgIpc) is 2.57. The number of carbonyl (C=O) groups excluding carboxylic acids is 1. The molecular formula is C22H31ClFNO4S. The van der Waals surface area contributed by atoms with Crippen LogP contribution in [0.3, 0.4) is 0 Å². The van der Waals surface area contributed by atoms with Crippen LogP contribution < -0.4 is 9.46 Å². The zero-order chi connectivity index (χ0) is 22.2. The van der Waals surface area contributed by atoms with Crippen molar-refractivity contribution in [2.45, 2.75) is 65.2 Å². The molecule has 30 heavy (non-hydrogen) atoms. The first-order valence-electron chi connectivity index (χ1n) is 10.5. The summed E-state index contributed by atoms with van der Waals surface area (Å²) in [5, 5.41) is 0.0715. The van der Waals surface area contributed by atoms with Crippen molar-refractivity contribution < 1.29 is 22.3 Å². The Morgan fingerprint density at radius 1 is 1.27 bits per heavy atom. The minimum atomic E-state index is -3.79. The Morgan fingerprint density at radius 3 is 2.50 bits per heavy atom. The molecule has 0 saturated heterocycles. The molecule has 1 amide bonds. The van der Waals surface area contributed by atoms with Crippen LogP contribution >= 0.6 is 11.6 Å². The summed E-state index contributed by atoms with van der Waals surface area (Å²) < 4.78 is 44.0. The second-order valence-electron chi connectivity index (χ2n) is 9.88. The van der Waals surface area contributed by atoms with E-state index >= 15 is 0 Å². The zero-order valence-electron chi connectivity index (χ0n) is 17.9. The highest BCUT2D eigenvalue weighted by atomic mass is 35.5. The Balaban J connectivity index is 1.54. The van der Waals surface area contributed by atoms with E-state index in [1.54, 1.807) is 4.72 Å². The van der Waals surface area contributed by atoms with Crippen LogP contribution in [0.1, 0.15) is 75.6 Å². The van der Waals surface area contributed by atoms with Gasteiger partial charge in [0.15, 0.2) is 0 Å². The summed E-state index contributed by atoms with van der Waals surface area (Å²) in [5.74, 6) is -1.10. The summed E-state index contributed by atoms with van der Waals surface area (Å²) in [6.07, 6.45) is 10.6. The molecule has 2 fully saturated rings. The molecule has 1 aromatic rings. The molecule has 2 aliphatic carbocycles. The van der Waals surface area contributed by atoms with Gasteiger partial charge in [-0.3, -0.25) is 4.79 Å². The molecule has 3 rings (SSSR count). The number of halogens is 2. The molecule has 2 saturated carbocycles. The normalized spacial score (nSPS) is 28.8. The Bertz CT molecular complexity index is 904. The van der Waals surface area contributed by atoms with Gasteiger partial charge in [0.2, 0.25) is 10.0 Å². The van der Waals surface area contributed by atoms with E-state index in [9.17, 15) is 17.6 Å². The lowest BCUT2D eigenvalue weighted by atomic mass is 9.53. The maximum absolute atomic E-state index is 14.3. The van der Waals surface area contributed by atoms with Crippen molar-refractivity contribution >= 4 is 27.5 Å². The van der Waals surface area contributed by atoms with Gasteiger partial charge in [0.05, 0.1) is 23.4 Å². The van der Waals surface area contributed by atoms with Crippen LogP contribution in [-0.2, 0) is 10.0 Å². The van der Waals surface area contributed by atoms with Crippen molar-refractivity contribution in [3.63, 3.8) is 0 Å². The number of nitrogens with one attached hydrogen (secondary N) is 1. The van der Waals surface area contributed by atoms with Crippen molar-refractivity contribution in [3.8, 4) is 5.75 Å². The topological polar surface area (TPSA) is 72.5 Å². The van der Waals surface area contributed by atoms with Gasteiger partial charge in [-0.05, 0) is 67.8 Å². The molecule has 0 aromatic heterocycles. The Hall–Kier alpha value is -1.34. The van der Waals surface area contributed by atoms with Crippen LogP contribution in [0.25, 0.3) is 0 Å². The molecule has 2 aliphatic rings. The van der Waals surface area contributed by atoms with E-state index in [-0.39, 0.29) is 10.8 Å². The standard InChI is InChI=1S/C22H31ClFNO4S/c1-21-7-5-8-22(2,14-21)13-15(12-21)6-4-9-29-19-11-18(24)16(10-17(19)23)20(26)25-30(3,27)28/h10-11,15H,4-9,12-14H2,1-3H3,(H,25,26). The predicted octanol–water partition coefficient (Wildman–Crippen LogP) is 5.32. The molecule has 1 aromatic carbocycles. The first kappa shape index (κ1) is 23.3. The highest BCUT2D eigenvalue weighted by Crippen LogP contribution is 2.57. The van der Waals surface area contributed by atoms with E-state index in [0.29, 0.717) is 23.4 Å². The number of hydrogen-bond donors (Lipinski definition) is 1. The number of ether oxygens (including phenoxy) is 1. The van der Waals surface area contributed by atoms with Crippen LogP contribution in [-0.4, -0.2) is 27.2 Å². The first-order valence-corrected chi connectivity index (χ1v) is 12.8. The van der Waals surface area contributed by atoms with E-state index < -0.39 is 27.3 Å². The van der Waals surface area contributed by atoms with Crippen molar-refractivity contribution in [1.82, 2.24) is 4.72 Å². The third-order valence-electron chi connectivity index (χ3n) is 6.54. The van der Waals surface area contributed by atoms with Gasteiger partial charge in [-0.25, -0.2) is 17.5 Å². The second kappa shape index (κ2) is 8.65. The largest absolute Gasteiger partial charge is 0.492 e. The monoisotopic (exact) mass is 459 g/mol. The minimum Gasteiger partial charge on any atom is -0.492 e. The first-order chi connectivity index (χ1) is 13.9. The third-order valence-corrected chi connectivity index (χ3v) is 7.39. The Kier molecular flexibility index (Phi) is 6.73. The van der Waals surface area contributed by atoms with Crippen molar-refractivity contribution in [2.75, 3.05) is 12.9 Å². The van der Waals surface area contributed by atoms with Gasteiger partial charge in [0.25, 0.3) is 5.91 Å². The molecule has 5 nitrogen and oxygen atoms in total. The molecule has 0 radical (unpaired) electrons. The maximum Gasteiger partial charge on any atom is 0.267 e. The summed E-state index contributed by atoms with van der Waals surface area (Å²) >= 11 is 6.12. The van der Waals surface area contributed by atoms with Crippen molar-refractivity contribution in [2.24, 2.45) is 16.7 Å². The Labute approximate surface area is 183 Å². The zero-order valence-corrected chi connectivity index (χ0v) is 19.5. The SMILES string of the molecule is CC12CCCC(C)(CC(CCCOc3cc(F)c(C(=O)NS(C)(=O)=O)cc3Cl)C1)C2. The summed E-state index contributed by atoms with van der Waals surface area (Å²) in [6.45, 7) is 5.27. The fourth-order valence-corrected chi connectivity index (χ4v) is 6.42.